The molecule has 0 N–H and O–H groups in total. The molecule has 2 heterocycles. The summed E-state index contributed by atoms with van der Waals surface area (Å²) in [7, 11) is 0. The maximum Gasteiger partial charge on any atom is 0.277 e. The van der Waals surface area contributed by atoms with E-state index < -0.39 is 0 Å². The number of aromatic nitrogens is 2. The second-order valence-electron chi connectivity index (χ2n) is 5.03. The first-order valence-corrected chi connectivity index (χ1v) is 7.07. The number of ether oxygens (including phenoxy) is 1. The van der Waals surface area contributed by atoms with Gasteiger partial charge in [0.1, 0.15) is 12.0 Å². The molecule has 0 aliphatic carbocycles. The Balaban J connectivity index is 1.93. The summed E-state index contributed by atoms with van der Waals surface area (Å²) >= 11 is 0. The molecule has 0 saturated carbocycles. The van der Waals surface area contributed by atoms with Gasteiger partial charge in [0.25, 0.3) is 5.91 Å². The van der Waals surface area contributed by atoms with E-state index in [0.29, 0.717) is 18.2 Å². The molecule has 0 radical (unpaired) electrons. The molecule has 0 unspecified atom stereocenters. The van der Waals surface area contributed by atoms with Gasteiger partial charge in [-0.25, -0.2) is 9.97 Å². The van der Waals surface area contributed by atoms with Crippen LogP contribution in [0.4, 0.5) is 5.69 Å². The minimum Gasteiger partial charge on any atom is -0.478 e. The van der Waals surface area contributed by atoms with E-state index in [0.717, 1.165) is 12.1 Å². The summed E-state index contributed by atoms with van der Waals surface area (Å²) in [6.07, 6.45) is 2.23. The zero-order valence-corrected chi connectivity index (χ0v) is 12.1. The monoisotopic (exact) mass is 283 g/mol. The lowest BCUT2D eigenvalue weighted by atomic mass is 10.1. The van der Waals surface area contributed by atoms with Crippen LogP contribution in [0, 0.1) is 0 Å². The summed E-state index contributed by atoms with van der Waals surface area (Å²) in [5, 5.41) is 0. The first-order valence-electron chi connectivity index (χ1n) is 7.07. The number of rotatable bonds is 3. The van der Waals surface area contributed by atoms with E-state index in [2.05, 4.69) is 16.0 Å². The van der Waals surface area contributed by atoms with Crippen LogP contribution >= 0.6 is 0 Å². The fourth-order valence-electron chi connectivity index (χ4n) is 2.68. The van der Waals surface area contributed by atoms with Crippen LogP contribution in [0.3, 0.4) is 0 Å². The van der Waals surface area contributed by atoms with Crippen molar-refractivity contribution in [1.82, 2.24) is 9.97 Å². The standard InChI is InChI=1S/C16H17N3O2/c1-3-21-15-9-13(17-10-18-15)16(20)19-11(2)8-12-6-4-5-7-14(12)19/h4-7,9-11H,3,8H2,1-2H3/t11-/m0/s1. The smallest absolute Gasteiger partial charge is 0.277 e. The Bertz CT molecular complexity index is 672. The number of amides is 1. The van der Waals surface area contributed by atoms with Gasteiger partial charge in [0.15, 0.2) is 0 Å². The van der Waals surface area contributed by atoms with Gasteiger partial charge in [0.2, 0.25) is 5.88 Å². The highest BCUT2D eigenvalue weighted by atomic mass is 16.5. The quantitative estimate of drug-likeness (QED) is 0.868. The number of carbonyl (C=O) groups is 1. The maximum absolute atomic E-state index is 12.8. The van der Waals surface area contributed by atoms with Crippen LogP contribution in [-0.2, 0) is 6.42 Å². The average Bonchev–Trinajstić information content (AvgIpc) is 2.83. The third-order valence-electron chi connectivity index (χ3n) is 3.58. The maximum atomic E-state index is 12.8. The number of carbonyl (C=O) groups excluding carboxylic acids is 1. The number of nitrogens with zero attached hydrogens (tertiary/aromatic N) is 3. The number of benzene rings is 1. The minimum atomic E-state index is -0.115. The summed E-state index contributed by atoms with van der Waals surface area (Å²) in [6, 6.07) is 9.70. The van der Waals surface area contributed by atoms with Gasteiger partial charge in [-0.15, -0.1) is 0 Å². The van der Waals surface area contributed by atoms with Gasteiger partial charge >= 0.3 is 0 Å². The van der Waals surface area contributed by atoms with Gasteiger partial charge in [-0.2, -0.15) is 0 Å². The van der Waals surface area contributed by atoms with Crippen molar-refractivity contribution in [2.45, 2.75) is 26.3 Å². The van der Waals surface area contributed by atoms with E-state index >= 15 is 0 Å². The Labute approximate surface area is 123 Å². The summed E-state index contributed by atoms with van der Waals surface area (Å²) in [6.45, 7) is 4.43. The fourth-order valence-corrected chi connectivity index (χ4v) is 2.68. The molecule has 21 heavy (non-hydrogen) atoms. The van der Waals surface area contributed by atoms with Crippen molar-refractivity contribution in [3.8, 4) is 5.88 Å². The topological polar surface area (TPSA) is 55.3 Å². The molecule has 2 aromatic rings. The zero-order chi connectivity index (χ0) is 14.8. The highest BCUT2D eigenvalue weighted by Gasteiger charge is 2.32. The molecule has 1 aliphatic rings. The van der Waals surface area contributed by atoms with E-state index in [1.165, 1.54) is 11.9 Å². The third-order valence-corrected chi connectivity index (χ3v) is 3.58. The lowest BCUT2D eigenvalue weighted by Crippen LogP contribution is -2.36. The van der Waals surface area contributed by atoms with Crippen molar-refractivity contribution in [1.29, 1.82) is 0 Å². The summed E-state index contributed by atoms with van der Waals surface area (Å²) in [4.78, 5) is 22.6. The SMILES string of the molecule is CCOc1cc(C(=O)N2c3ccccc3C[C@@H]2C)ncn1. The summed E-state index contributed by atoms with van der Waals surface area (Å²) in [5.74, 6) is 0.312. The second kappa shape index (κ2) is 5.52. The molecule has 0 spiro atoms. The molecule has 0 bridgehead atoms. The highest BCUT2D eigenvalue weighted by Crippen LogP contribution is 2.32. The Morgan fingerprint density at radius 2 is 2.19 bits per heavy atom. The van der Waals surface area contributed by atoms with Crippen LogP contribution in [-0.4, -0.2) is 28.5 Å². The molecule has 1 aromatic heterocycles. The van der Waals surface area contributed by atoms with Crippen LogP contribution in [0.25, 0.3) is 0 Å². The molecule has 5 nitrogen and oxygen atoms in total. The molecule has 0 fully saturated rings. The Morgan fingerprint density at radius 1 is 1.38 bits per heavy atom. The lowest BCUT2D eigenvalue weighted by Gasteiger charge is -2.22. The first-order chi connectivity index (χ1) is 10.2. The number of anilines is 1. The molecule has 1 aliphatic heterocycles. The fraction of sp³-hybridized carbons (Fsp3) is 0.312. The molecular weight excluding hydrogens is 266 g/mol. The van der Waals surface area contributed by atoms with Gasteiger partial charge in [-0.1, -0.05) is 18.2 Å². The zero-order valence-electron chi connectivity index (χ0n) is 12.1. The van der Waals surface area contributed by atoms with Crippen LogP contribution in [0.1, 0.15) is 29.9 Å². The molecule has 0 saturated heterocycles. The molecule has 1 amide bonds. The van der Waals surface area contributed by atoms with Crippen LogP contribution < -0.4 is 9.64 Å². The van der Waals surface area contributed by atoms with Gasteiger partial charge < -0.3 is 9.64 Å². The van der Waals surface area contributed by atoms with Gasteiger partial charge in [0, 0.05) is 17.8 Å². The van der Waals surface area contributed by atoms with Crippen LogP contribution in [0.2, 0.25) is 0 Å². The van der Waals surface area contributed by atoms with Crippen LogP contribution in [0.15, 0.2) is 36.7 Å². The predicted molar refractivity (Wildman–Crippen MR) is 79.6 cm³/mol. The van der Waals surface area contributed by atoms with Crippen molar-refractivity contribution < 1.29 is 9.53 Å². The first kappa shape index (κ1) is 13.5. The van der Waals surface area contributed by atoms with Gasteiger partial charge in [-0.3, -0.25) is 4.79 Å². The van der Waals surface area contributed by atoms with Crippen molar-refractivity contribution in [3.63, 3.8) is 0 Å². The highest BCUT2D eigenvalue weighted by molar-refractivity contribution is 6.06. The number of fused-ring (bicyclic) bond motifs is 1. The Kier molecular flexibility index (Phi) is 3.56. The Hall–Kier alpha value is -2.43. The Morgan fingerprint density at radius 3 is 3.00 bits per heavy atom. The summed E-state index contributed by atoms with van der Waals surface area (Å²) < 4.78 is 5.33. The van der Waals surface area contributed by atoms with Crippen molar-refractivity contribution >= 4 is 11.6 Å². The predicted octanol–water partition coefficient (Wildman–Crippen LogP) is 2.47. The van der Waals surface area contributed by atoms with Crippen molar-refractivity contribution in [3.05, 3.63) is 47.9 Å². The van der Waals surface area contributed by atoms with E-state index in [-0.39, 0.29) is 11.9 Å². The molecule has 108 valence electrons. The van der Waals surface area contributed by atoms with Gasteiger partial charge in [-0.05, 0) is 31.9 Å². The number of hydrogen-bond donors (Lipinski definition) is 0. The van der Waals surface area contributed by atoms with E-state index in [9.17, 15) is 4.79 Å². The van der Waals surface area contributed by atoms with E-state index in [4.69, 9.17) is 4.74 Å². The van der Waals surface area contributed by atoms with Crippen molar-refractivity contribution in [2.24, 2.45) is 0 Å². The lowest BCUT2D eigenvalue weighted by molar-refractivity contribution is 0.0976. The molecule has 5 heteroatoms. The summed E-state index contributed by atoms with van der Waals surface area (Å²) in [5.41, 5.74) is 2.51. The van der Waals surface area contributed by atoms with Crippen LogP contribution in [0.5, 0.6) is 5.88 Å². The molecule has 1 aromatic carbocycles. The third kappa shape index (κ3) is 2.46. The van der Waals surface area contributed by atoms with Gasteiger partial charge in [0.05, 0.1) is 6.61 Å². The van der Waals surface area contributed by atoms with E-state index in [1.54, 1.807) is 11.0 Å². The molecule has 3 rings (SSSR count). The average molecular weight is 283 g/mol. The molecular formula is C16H17N3O2. The number of para-hydroxylation sites is 1. The van der Waals surface area contributed by atoms with E-state index in [1.807, 2.05) is 32.0 Å². The molecule has 1 atom stereocenters. The normalized spacial score (nSPS) is 16.7. The largest absolute Gasteiger partial charge is 0.478 e. The van der Waals surface area contributed by atoms with Crippen molar-refractivity contribution in [2.75, 3.05) is 11.5 Å². The second-order valence-corrected chi connectivity index (χ2v) is 5.03. The number of hydrogen-bond acceptors (Lipinski definition) is 4. The minimum absolute atomic E-state index is 0.115.